The Balaban J connectivity index is 2.82. The molecule has 0 radical (unpaired) electrons. The molecule has 1 N–H and O–H groups in total. The van der Waals surface area contributed by atoms with E-state index in [1.165, 1.54) is 7.11 Å². The lowest BCUT2D eigenvalue weighted by Crippen LogP contribution is -2.57. The van der Waals surface area contributed by atoms with Gasteiger partial charge in [-0.2, -0.15) is 5.26 Å². The van der Waals surface area contributed by atoms with Crippen molar-refractivity contribution in [2.45, 2.75) is 38.8 Å². The van der Waals surface area contributed by atoms with Gasteiger partial charge in [0.05, 0.1) is 18.7 Å². The Hall–Kier alpha value is -2.55. The van der Waals surface area contributed by atoms with E-state index in [-0.39, 0.29) is 0 Å². The van der Waals surface area contributed by atoms with E-state index < -0.39 is 23.0 Å². The van der Waals surface area contributed by atoms with Gasteiger partial charge in [-0.25, -0.2) is 4.79 Å². The number of hydrogen-bond acceptors (Lipinski definition) is 5. The van der Waals surface area contributed by atoms with E-state index in [1.807, 2.05) is 6.07 Å². The topological polar surface area (TPSA) is 88.4 Å². The number of esters is 1. The first-order valence-corrected chi connectivity index (χ1v) is 6.72. The van der Waals surface area contributed by atoms with Crippen molar-refractivity contribution < 1.29 is 19.1 Å². The van der Waals surface area contributed by atoms with Gasteiger partial charge in [-0.1, -0.05) is 0 Å². The number of carbonyl (C=O) groups is 2. The maximum Gasteiger partial charge on any atom is 0.330 e. The average Bonchev–Trinajstić information content (AvgIpc) is 2.46. The van der Waals surface area contributed by atoms with Crippen LogP contribution in [0.1, 0.15) is 33.3 Å². The van der Waals surface area contributed by atoms with Gasteiger partial charge in [0.1, 0.15) is 11.3 Å². The van der Waals surface area contributed by atoms with E-state index in [9.17, 15) is 9.59 Å². The van der Waals surface area contributed by atoms with Gasteiger partial charge in [0.25, 0.3) is 5.91 Å². The van der Waals surface area contributed by atoms with Crippen LogP contribution in [0, 0.1) is 11.3 Å². The molecule has 6 nitrogen and oxygen atoms in total. The Bertz CT molecular complexity index is 598. The maximum absolute atomic E-state index is 12.3. The van der Waals surface area contributed by atoms with Crippen molar-refractivity contribution >= 4 is 11.9 Å². The summed E-state index contributed by atoms with van der Waals surface area (Å²) in [5.74, 6) is -0.544. The summed E-state index contributed by atoms with van der Waals surface area (Å²) in [7, 11) is 1.26. The van der Waals surface area contributed by atoms with Gasteiger partial charge in [-0.3, -0.25) is 4.79 Å². The zero-order valence-electron chi connectivity index (χ0n) is 13.4. The number of nitriles is 1. The molecular weight excluding hydrogens is 284 g/mol. The van der Waals surface area contributed by atoms with E-state index in [4.69, 9.17) is 10.00 Å². The van der Waals surface area contributed by atoms with Gasteiger partial charge >= 0.3 is 5.97 Å². The molecular formula is C16H20N2O4. The number of carbonyl (C=O) groups excluding carboxylic acids is 2. The summed E-state index contributed by atoms with van der Waals surface area (Å²) < 4.78 is 10.3. The zero-order valence-corrected chi connectivity index (χ0v) is 13.4. The molecule has 0 bridgehead atoms. The monoisotopic (exact) mass is 304 g/mol. The van der Waals surface area contributed by atoms with E-state index >= 15 is 0 Å². The van der Waals surface area contributed by atoms with Crippen LogP contribution in [0.2, 0.25) is 0 Å². The predicted molar refractivity (Wildman–Crippen MR) is 80.1 cm³/mol. The molecule has 0 aromatic heterocycles. The Kier molecular flexibility index (Phi) is 5.15. The molecule has 0 aliphatic heterocycles. The van der Waals surface area contributed by atoms with Crippen LogP contribution in [-0.2, 0) is 14.3 Å². The number of nitrogens with zero attached hydrogens (tertiary/aromatic N) is 1. The summed E-state index contributed by atoms with van der Waals surface area (Å²) >= 11 is 0. The smallest absolute Gasteiger partial charge is 0.330 e. The van der Waals surface area contributed by atoms with Crippen molar-refractivity contribution in [3.8, 4) is 11.8 Å². The lowest BCUT2D eigenvalue weighted by atomic mass is 10.0. The lowest BCUT2D eigenvalue weighted by molar-refractivity contribution is -0.151. The van der Waals surface area contributed by atoms with E-state index in [0.717, 1.165) is 0 Å². The average molecular weight is 304 g/mol. The standard InChI is InChI=1S/C16H20N2O4/c1-15(2,14(20)21-5)18-13(19)16(3,4)22-12-8-6-11(10-17)7-9-12/h6-9H,1-5H3,(H,18,19). The lowest BCUT2D eigenvalue weighted by Gasteiger charge is -2.30. The molecule has 1 aromatic rings. The quantitative estimate of drug-likeness (QED) is 0.838. The van der Waals surface area contributed by atoms with Crippen LogP contribution in [0.5, 0.6) is 5.75 Å². The number of rotatable bonds is 5. The van der Waals surface area contributed by atoms with E-state index in [1.54, 1.807) is 52.0 Å². The van der Waals surface area contributed by atoms with Gasteiger partial charge in [-0.15, -0.1) is 0 Å². The molecule has 0 aliphatic carbocycles. The van der Waals surface area contributed by atoms with Crippen LogP contribution < -0.4 is 10.1 Å². The van der Waals surface area contributed by atoms with Gasteiger partial charge < -0.3 is 14.8 Å². The Morgan fingerprint density at radius 1 is 1.14 bits per heavy atom. The minimum atomic E-state index is -1.19. The van der Waals surface area contributed by atoms with Gasteiger partial charge in [0, 0.05) is 0 Å². The molecule has 1 rings (SSSR count). The van der Waals surface area contributed by atoms with Crippen molar-refractivity contribution in [1.29, 1.82) is 5.26 Å². The second-order valence-electron chi connectivity index (χ2n) is 5.82. The number of amides is 1. The van der Waals surface area contributed by atoms with Crippen LogP contribution in [0.4, 0.5) is 0 Å². The highest BCUT2D eigenvalue weighted by Crippen LogP contribution is 2.20. The SMILES string of the molecule is COC(=O)C(C)(C)NC(=O)C(C)(C)Oc1ccc(C#N)cc1. The zero-order chi connectivity index (χ0) is 17.0. The molecule has 0 atom stereocenters. The Morgan fingerprint density at radius 2 is 1.68 bits per heavy atom. The summed E-state index contributed by atoms with van der Waals surface area (Å²) in [5, 5.41) is 11.4. The maximum atomic E-state index is 12.3. The Labute approximate surface area is 130 Å². The van der Waals surface area contributed by atoms with Crippen LogP contribution >= 0.6 is 0 Å². The molecule has 0 spiro atoms. The fourth-order valence-corrected chi connectivity index (χ4v) is 1.68. The Morgan fingerprint density at radius 3 is 2.14 bits per heavy atom. The molecule has 0 saturated carbocycles. The van der Waals surface area contributed by atoms with Crippen molar-refractivity contribution in [1.82, 2.24) is 5.32 Å². The van der Waals surface area contributed by atoms with Crippen LogP contribution in [0.15, 0.2) is 24.3 Å². The molecule has 0 saturated heterocycles. The number of ether oxygens (including phenoxy) is 2. The van der Waals surface area contributed by atoms with Crippen molar-refractivity contribution in [2.24, 2.45) is 0 Å². The molecule has 1 aromatic carbocycles. The van der Waals surface area contributed by atoms with Crippen LogP contribution in [-0.4, -0.2) is 30.1 Å². The molecule has 0 fully saturated rings. The normalized spacial score (nSPS) is 11.3. The summed E-state index contributed by atoms with van der Waals surface area (Å²) in [4.78, 5) is 23.9. The van der Waals surface area contributed by atoms with Gasteiger partial charge in [0.2, 0.25) is 0 Å². The van der Waals surface area contributed by atoms with Gasteiger partial charge in [-0.05, 0) is 52.0 Å². The molecule has 22 heavy (non-hydrogen) atoms. The predicted octanol–water partition coefficient (Wildman–Crippen LogP) is 1.78. The number of benzene rings is 1. The third kappa shape index (κ3) is 4.22. The third-order valence-electron chi connectivity index (χ3n) is 3.02. The summed E-state index contributed by atoms with van der Waals surface area (Å²) in [6.07, 6.45) is 0. The molecule has 0 aliphatic rings. The van der Waals surface area contributed by atoms with Crippen LogP contribution in [0.25, 0.3) is 0 Å². The summed E-state index contributed by atoms with van der Waals surface area (Å²) in [6.45, 7) is 6.28. The van der Waals surface area contributed by atoms with Crippen molar-refractivity contribution in [3.63, 3.8) is 0 Å². The second-order valence-corrected chi connectivity index (χ2v) is 5.82. The highest BCUT2D eigenvalue weighted by Gasteiger charge is 2.37. The first-order valence-electron chi connectivity index (χ1n) is 6.72. The van der Waals surface area contributed by atoms with Crippen molar-refractivity contribution in [3.05, 3.63) is 29.8 Å². The molecule has 6 heteroatoms. The fraction of sp³-hybridized carbons (Fsp3) is 0.438. The summed E-state index contributed by atoms with van der Waals surface area (Å²) in [6, 6.07) is 8.42. The highest BCUT2D eigenvalue weighted by molar-refractivity contribution is 5.91. The minimum Gasteiger partial charge on any atom is -0.478 e. The van der Waals surface area contributed by atoms with E-state index in [2.05, 4.69) is 10.1 Å². The molecule has 118 valence electrons. The minimum absolute atomic E-state index is 0.452. The fourth-order valence-electron chi connectivity index (χ4n) is 1.68. The number of nitrogens with one attached hydrogen (secondary N) is 1. The number of methoxy groups -OCH3 is 1. The largest absolute Gasteiger partial charge is 0.478 e. The first-order chi connectivity index (χ1) is 10.1. The highest BCUT2D eigenvalue weighted by atomic mass is 16.5. The number of hydrogen-bond donors (Lipinski definition) is 1. The molecule has 0 heterocycles. The van der Waals surface area contributed by atoms with Crippen molar-refractivity contribution in [2.75, 3.05) is 7.11 Å². The molecule has 0 unspecified atom stereocenters. The second kappa shape index (κ2) is 6.48. The third-order valence-corrected chi connectivity index (χ3v) is 3.02. The van der Waals surface area contributed by atoms with E-state index in [0.29, 0.717) is 11.3 Å². The van der Waals surface area contributed by atoms with Crippen LogP contribution in [0.3, 0.4) is 0 Å². The summed E-state index contributed by atoms with van der Waals surface area (Å²) in [5.41, 5.74) is -1.85. The molecule has 1 amide bonds. The van der Waals surface area contributed by atoms with Gasteiger partial charge in [0.15, 0.2) is 5.60 Å². The first kappa shape index (κ1) is 17.5.